The van der Waals surface area contributed by atoms with Gasteiger partial charge in [-0.2, -0.15) is 0 Å². The third-order valence-corrected chi connectivity index (χ3v) is 6.49. The van der Waals surface area contributed by atoms with Gasteiger partial charge < -0.3 is 24.4 Å². The van der Waals surface area contributed by atoms with Gasteiger partial charge >= 0.3 is 0 Å². The molecule has 3 aromatic rings. The number of carbonyl (C=O) groups is 2. The van der Waals surface area contributed by atoms with E-state index >= 15 is 0 Å². The second-order valence-electron chi connectivity index (χ2n) is 9.23. The van der Waals surface area contributed by atoms with Crippen molar-refractivity contribution in [2.45, 2.75) is 19.6 Å². The number of nitrogens with zero attached hydrogens (tertiary/aromatic N) is 2. The quantitative estimate of drug-likeness (QED) is 0.261. The molecule has 7 nitrogen and oxygen atoms in total. The molecule has 4 rings (SSSR count). The highest BCUT2D eigenvalue weighted by Gasteiger charge is 2.45. The van der Waals surface area contributed by atoms with Crippen molar-refractivity contribution < 1.29 is 24.2 Å². The van der Waals surface area contributed by atoms with Gasteiger partial charge in [-0.1, -0.05) is 42.5 Å². The zero-order valence-corrected chi connectivity index (χ0v) is 21.6. The smallest absolute Gasteiger partial charge is 0.295 e. The van der Waals surface area contributed by atoms with Crippen molar-refractivity contribution in [1.29, 1.82) is 0 Å². The van der Waals surface area contributed by atoms with Gasteiger partial charge in [0.15, 0.2) is 0 Å². The van der Waals surface area contributed by atoms with E-state index in [4.69, 9.17) is 9.47 Å². The number of Topliss-reactive ketones (excluding diaryl/α,β-unsaturated/α-hetero) is 1. The summed E-state index contributed by atoms with van der Waals surface area (Å²) in [7, 11) is 5.42. The highest BCUT2D eigenvalue weighted by atomic mass is 16.5. The summed E-state index contributed by atoms with van der Waals surface area (Å²) in [6.45, 7) is 2.79. The molecule has 192 valence electrons. The van der Waals surface area contributed by atoms with Crippen LogP contribution in [0.25, 0.3) is 5.76 Å². The predicted octanol–water partition coefficient (Wildman–Crippen LogP) is 4.71. The van der Waals surface area contributed by atoms with Crippen molar-refractivity contribution in [3.8, 4) is 5.75 Å². The van der Waals surface area contributed by atoms with Crippen LogP contribution in [0.5, 0.6) is 5.75 Å². The zero-order chi connectivity index (χ0) is 26.5. The Morgan fingerprint density at radius 2 is 1.70 bits per heavy atom. The zero-order valence-electron chi connectivity index (χ0n) is 21.6. The SMILES string of the molecule is COCCN1C(=O)C(=O)/C(=C(\O)c2ccc(OCc3ccccc3)c(C)c2)C1c1ccc(N(C)C)cc1. The molecule has 1 unspecified atom stereocenters. The summed E-state index contributed by atoms with van der Waals surface area (Å²) >= 11 is 0. The Balaban J connectivity index is 1.70. The Hall–Kier alpha value is -4.10. The fraction of sp³-hybridized carbons (Fsp3) is 0.267. The molecule has 0 spiro atoms. The molecule has 0 aromatic heterocycles. The molecule has 0 bridgehead atoms. The van der Waals surface area contributed by atoms with Crippen molar-refractivity contribution in [3.05, 3.63) is 101 Å². The average Bonchev–Trinajstić information content (AvgIpc) is 3.16. The van der Waals surface area contributed by atoms with Crippen LogP contribution >= 0.6 is 0 Å². The normalized spacial score (nSPS) is 16.8. The predicted molar refractivity (Wildman–Crippen MR) is 144 cm³/mol. The van der Waals surface area contributed by atoms with Crippen LogP contribution in [-0.2, 0) is 20.9 Å². The van der Waals surface area contributed by atoms with Gasteiger partial charge in [-0.15, -0.1) is 0 Å². The fourth-order valence-corrected chi connectivity index (χ4v) is 4.45. The Labute approximate surface area is 217 Å². The first-order valence-corrected chi connectivity index (χ1v) is 12.1. The third-order valence-electron chi connectivity index (χ3n) is 6.49. The molecule has 1 amide bonds. The highest BCUT2D eigenvalue weighted by Crippen LogP contribution is 2.40. The number of benzene rings is 3. The first-order chi connectivity index (χ1) is 17.8. The van der Waals surface area contributed by atoms with Crippen molar-refractivity contribution in [3.63, 3.8) is 0 Å². The number of methoxy groups -OCH3 is 1. The molecular formula is C30H32N2O5. The lowest BCUT2D eigenvalue weighted by molar-refractivity contribution is -0.140. The minimum Gasteiger partial charge on any atom is -0.507 e. The molecule has 1 aliphatic rings. The number of hydrogen-bond donors (Lipinski definition) is 1. The van der Waals surface area contributed by atoms with Gasteiger partial charge in [0.2, 0.25) is 0 Å². The number of amides is 1. The first-order valence-electron chi connectivity index (χ1n) is 12.1. The molecule has 1 fully saturated rings. The van der Waals surface area contributed by atoms with E-state index in [9.17, 15) is 14.7 Å². The Morgan fingerprint density at radius 3 is 2.32 bits per heavy atom. The van der Waals surface area contributed by atoms with Crippen LogP contribution in [-0.4, -0.2) is 56.1 Å². The molecule has 1 aliphatic heterocycles. The summed E-state index contributed by atoms with van der Waals surface area (Å²) in [5.74, 6) is -0.897. The van der Waals surface area contributed by atoms with Crippen molar-refractivity contribution in [2.24, 2.45) is 0 Å². The summed E-state index contributed by atoms with van der Waals surface area (Å²) in [4.78, 5) is 29.6. The molecule has 0 aliphatic carbocycles. The maximum Gasteiger partial charge on any atom is 0.295 e. The number of anilines is 1. The lowest BCUT2D eigenvalue weighted by Gasteiger charge is -2.25. The van der Waals surface area contributed by atoms with Crippen LogP contribution in [0.4, 0.5) is 5.69 Å². The maximum absolute atomic E-state index is 13.2. The third kappa shape index (κ3) is 5.52. The number of aliphatic hydroxyl groups excluding tert-OH is 1. The van der Waals surface area contributed by atoms with Gasteiger partial charge in [0.1, 0.15) is 18.1 Å². The lowest BCUT2D eigenvalue weighted by Crippen LogP contribution is -2.32. The summed E-state index contributed by atoms with van der Waals surface area (Å²) in [6.07, 6.45) is 0. The summed E-state index contributed by atoms with van der Waals surface area (Å²) in [5.41, 5.74) is 4.09. The molecule has 1 N–H and O–H groups in total. The van der Waals surface area contributed by atoms with E-state index in [1.165, 1.54) is 4.90 Å². The summed E-state index contributed by atoms with van der Waals surface area (Å²) < 4.78 is 11.1. The molecule has 0 radical (unpaired) electrons. The Morgan fingerprint density at radius 1 is 1.00 bits per heavy atom. The van der Waals surface area contributed by atoms with E-state index in [0.29, 0.717) is 17.9 Å². The summed E-state index contributed by atoms with van der Waals surface area (Å²) in [5, 5.41) is 11.3. The maximum atomic E-state index is 13.2. The van der Waals surface area contributed by atoms with E-state index in [1.807, 2.05) is 80.5 Å². The Bertz CT molecular complexity index is 1300. The topological polar surface area (TPSA) is 79.3 Å². The van der Waals surface area contributed by atoms with Gasteiger partial charge in [-0.25, -0.2) is 0 Å². The standard InChI is InChI=1S/C30H32N2O5/c1-20-18-23(12-15-25(20)37-19-21-8-6-5-7-9-21)28(33)26-27(22-10-13-24(14-11-22)31(2)3)32(16-17-36-4)30(35)29(26)34/h5-15,18,27,33H,16-17,19H2,1-4H3/b28-26-. The molecule has 7 heteroatoms. The summed E-state index contributed by atoms with van der Waals surface area (Å²) in [6, 6.07) is 22.0. The monoisotopic (exact) mass is 500 g/mol. The number of ketones is 1. The van der Waals surface area contributed by atoms with Gasteiger partial charge in [-0.05, 0) is 53.9 Å². The van der Waals surface area contributed by atoms with Crippen LogP contribution in [0.2, 0.25) is 0 Å². The number of aryl methyl sites for hydroxylation is 1. The molecule has 0 saturated carbocycles. The van der Waals surface area contributed by atoms with Gasteiger partial charge in [0.05, 0.1) is 18.2 Å². The molecule has 37 heavy (non-hydrogen) atoms. The number of ether oxygens (including phenoxy) is 2. The van der Waals surface area contributed by atoms with Crippen LogP contribution in [0.3, 0.4) is 0 Å². The van der Waals surface area contributed by atoms with E-state index in [2.05, 4.69) is 0 Å². The Kier molecular flexibility index (Phi) is 7.94. The molecule has 1 atom stereocenters. The second kappa shape index (κ2) is 11.3. The van der Waals surface area contributed by atoms with Crippen LogP contribution in [0.1, 0.15) is 28.3 Å². The minimum absolute atomic E-state index is 0.0658. The highest BCUT2D eigenvalue weighted by molar-refractivity contribution is 6.46. The number of aliphatic hydroxyl groups is 1. The van der Waals surface area contributed by atoms with Crippen molar-refractivity contribution in [2.75, 3.05) is 39.3 Å². The van der Waals surface area contributed by atoms with E-state index in [-0.39, 0.29) is 24.5 Å². The fourth-order valence-electron chi connectivity index (χ4n) is 4.45. The van der Waals surface area contributed by atoms with Crippen LogP contribution < -0.4 is 9.64 Å². The first kappa shape index (κ1) is 26.0. The molecule has 1 heterocycles. The number of carbonyl (C=O) groups excluding carboxylic acids is 2. The molecule has 1 saturated heterocycles. The molecule has 3 aromatic carbocycles. The van der Waals surface area contributed by atoms with E-state index in [0.717, 1.165) is 22.4 Å². The van der Waals surface area contributed by atoms with Gasteiger partial charge in [0, 0.05) is 39.0 Å². The van der Waals surface area contributed by atoms with Crippen molar-refractivity contribution in [1.82, 2.24) is 4.90 Å². The second-order valence-corrected chi connectivity index (χ2v) is 9.23. The van der Waals surface area contributed by atoms with Crippen LogP contribution in [0, 0.1) is 6.92 Å². The largest absolute Gasteiger partial charge is 0.507 e. The van der Waals surface area contributed by atoms with Gasteiger partial charge in [0.25, 0.3) is 11.7 Å². The minimum atomic E-state index is -0.722. The molecular weight excluding hydrogens is 468 g/mol. The number of rotatable bonds is 9. The van der Waals surface area contributed by atoms with Crippen molar-refractivity contribution >= 4 is 23.1 Å². The number of hydrogen-bond acceptors (Lipinski definition) is 6. The van der Waals surface area contributed by atoms with E-state index < -0.39 is 17.7 Å². The van der Waals surface area contributed by atoms with E-state index in [1.54, 1.807) is 25.3 Å². The van der Waals surface area contributed by atoms with Gasteiger partial charge in [-0.3, -0.25) is 9.59 Å². The number of likely N-dealkylation sites (tertiary alicyclic amines) is 1. The lowest BCUT2D eigenvalue weighted by atomic mass is 9.94. The van der Waals surface area contributed by atoms with Crippen LogP contribution in [0.15, 0.2) is 78.4 Å². The average molecular weight is 501 g/mol.